The summed E-state index contributed by atoms with van der Waals surface area (Å²) in [5, 5.41) is 14.0. The molecule has 142 valence electrons. The average Bonchev–Trinajstić information content (AvgIpc) is 3.16. The van der Waals surface area contributed by atoms with E-state index in [0.29, 0.717) is 17.3 Å². The van der Waals surface area contributed by atoms with Crippen molar-refractivity contribution < 1.29 is 32.6 Å². The van der Waals surface area contributed by atoms with Crippen LogP contribution in [0.4, 0.5) is 13.2 Å². The summed E-state index contributed by atoms with van der Waals surface area (Å²) >= 11 is 0.495. The molecule has 0 saturated carbocycles. The van der Waals surface area contributed by atoms with Crippen molar-refractivity contribution in [2.45, 2.75) is 18.3 Å². The number of ether oxygens (including phenoxy) is 1. The van der Waals surface area contributed by atoms with Crippen LogP contribution in [0.3, 0.4) is 0 Å². The molecule has 7 nitrogen and oxygen atoms in total. The second kappa shape index (κ2) is 6.82. The second-order valence-electron chi connectivity index (χ2n) is 5.55. The highest BCUT2D eigenvalue weighted by Crippen LogP contribution is 2.44. The van der Waals surface area contributed by atoms with Gasteiger partial charge in [-0.1, -0.05) is 30.3 Å². The van der Waals surface area contributed by atoms with Crippen molar-refractivity contribution >= 4 is 34.5 Å². The Labute approximate surface area is 155 Å². The SMILES string of the molecule is COC(=O)C=C1SC(N2N=C(c3ccccc3)C[C@]2(O)C(F)(F)F)=NC1=O. The molecule has 2 aliphatic heterocycles. The lowest BCUT2D eigenvalue weighted by Gasteiger charge is -2.33. The minimum Gasteiger partial charge on any atom is -0.466 e. The van der Waals surface area contributed by atoms with E-state index in [2.05, 4.69) is 14.8 Å². The van der Waals surface area contributed by atoms with Crippen LogP contribution in [0.2, 0.25) is 0 Å². The minimum absolute atomic E-state index is 0.0171. The maximum Gasteiger partial charge on any atom is 0.438 e. The highest BCUT2D eigenvalue weighted by molar-refractivity contribution is 8.18. The van der Waals surface area contributed by atoms with E-state index >= 15 is 0 Å². The Balaban J connectivity index is 1.99. The third-order valence-corrected chi connectivity index (χ3v) is 4.75. The van der Waals surface area contributed by atoms with Gasteiger partial charge in [-0.3, -0.25) is 4.79 Å². The molecule has 1 amide bonds. The Kier molecular flexibility index (Phi) is 4.82. The maximum atomic E-state index is 13.6. The molecule has 0 radical (unpaired) electrons. The number of carbonyl (C=O) groups is 2. The van der Waals surface area contributed by atoms with Crippen LogP contribution in [0.15, 0.2) is 51.4 Å². The number of methoxy groups -OCH3 is 1. The van der Waals surface area contributed by atoms with Gasteiger partial charge in [-0.15, -0.1) is 0 Å². The lowest BCUT2D eigenvalue weighted by molar-refractivity contribution is -0.294. The van der Waals surface area contributed by atoms with E-state index in [0.717, 1.165) is 13.2 Å². The smallest absolute Gasteiger partial charge is 0.438 e. The van der Waals surface area contributed by atoms with Gasteiger partial charge in [-0.25, -0.2) is 4.79 Å². The van der Waals surface area contributed by atoms with E-state index in [4.69, 9.17) is 0 Å². The number of aliphatic imine (C=N–C) groups is 1. The normalized spacial score (nSPS) is 24.3. The van der Waals surface area contributed by atoms with Gasteiger partial charge in [0.05, 0.1) is 24.1 Å². The van der Waals surface area contributed by atoms with Crippen molar-refractivity contribution in [2.75, 3.05) is 7.11 Å². The van der Waals surface area contributed by atoms with Crippen LogP contribution in [-0.4, -0.2) is 51.9 Å². The summed E-state index contributed by atoms with van der Waals surface area (Å²) in [7, 11) is 1.09. The predicted octanol–water partition coefficient (Wildman–Crippen LogP) is 2.03. The van der Waals surface area contributed by atoms with E-state index in [-0.39, 0.29) is 15.6 Å². The molecule has 0 saturated heterocycles. The van der Waals surface area contributed by atoms with Gasteiger partial charge in [0.15, 0.2) is 5.17 Å². The predicted molar refractivity (Wildman–Crippen MR) is 90.6 cm³/mol. The monoisotopic (exact) mass is 399 g/mol. The Morgan fingerprint density at radius 3 is 2.63 bits per heavy atom. The summed E-state index contributed by atoms with van der Waals surface area (Å²) in [6.07, 6.45) is -5.10. The van der Waals surface area contributed by atoms with Crippen LogP contribution in [0.1, 0.15) is 12.0 Å². The number of thioether (sulfide) groups is 1. The Morgan fingerprint density at radius 1 is 1.37 bits per heavy atom. The molecule has 0 aliphatic carbocycles. The topological polar surface area (TPSA) is 91.6 Å². The number of rotatable bonds is 2. The summed E-state index contributed by atoms with van der Waals surface area (Å²) in [5.41, 5.74) is -3.00. The third-order valence-electron chi connectivity index (χ3n) is 3.79. The Hall–Kier alpha value is -2.66. The summed E-state index contributed by atoms with van der Waals surface area (Å²) in [4.78, 5) is 26.4. The molecule has 1 aromatic carbocycles. The number of hydrazone groups is 1. The number of esters is 1. The molecule has 3 rings (SSSR count). The molecule has 0 fully saturated rings. The lowest BCUT2D eigenvalue weighted by atomic mass is 10.0. The molecule has 1 atom stereocenters. The van der Waals surface area contributed by atoms with E-state index in [1.54, 1.807) is 30.3 Å². The van der Waals surface area contributed by atoms with Crippen molar-refractivity contribution in [2.24, 2.45) is 10.1 Å². The quantitative estimate of drug-likeness (QED) is 0.605. The average molecular weight is 399 g/mol. The van der Waals surface area contributed by atoms with Gasteiger partial charge in [0.1, 0.15) is 0 Å². The number of hydrogen-bond acceptors (Lipinski definition) is 7. The summed E-state index contributed by atoms with van der Waals surface area (Å²) in [6, 6.07) is 8.03. The fraction of sp³-hybridized carbons (Fsp3) is 0.250. The molecular weight excluding hydrogens is 387 g/mol. The highest BCUT2D eigenvalue weighted by atomic mass is 32.2. The minimum atomic E-state index is -5.08. The zero-order valence-corrected chi connectivity index (χ0v) is 14.5. The first kappa shape index (κ1) is 19.1. The van der Waals surface area contributed by atoms with Crippen LogP contribution in [0, 0.1) is 0 Å². The van der Waals surface area contributed by atoms with Crippen molar-refractivity contribution in [3.8, 4) is 0 Å². The summed E-state index contributed by atoms with van der Waals surface area (Å²) in [6.45, 7) is 0. The largest absolute Gasteiger partial charge is 0.466 e. The number of nitrogens with zero attached hydrogens (tertiary/aromatic N) is 3. The molecular formula is C16H12F3N3O4S. The van der Waals surface area contributed by atoms with E-state index in [1.165, 1.54) is 0 Å². The Morgan fingerprint density at radius 2 is 2.04 bits per heavy atom. The van der Waals surface area contributed by atoms with Gasteiger partial charge in [0.2, 0.25) is 0 Å². The first-order valence-electron chi connectivity index (χ1n) is 7.48. The van der Waals surface area contributed by atoms with Crippen molar-refractivity contribution in [3.63, 3.8) is 0 Å². The Bertz CT molecular complexity index is 883. The van der Waals surface area contributed by atoms with Crippen LogP contribution >= 0.6 is 11.8 Å². The van der Waals surface area contributed by atoms with Gasteiger partial charge >= 0.3 is 12.1 Å². The van der Waals surface area contributed by atoms with Crippen molar-refractivity contribution in [1.82, 2.24) is 5.01 Å². The molecule has 0 spiro atoms. The molecule has 0 bridgehead atoms. The van der Waals surface area contributed by atoms with Crippen LogP contribution in [0.25, 0.3) is 0 Å². The van der Waals surface area contributed by atoms with Crippen molar-refractivity contribution in [3.05, 3.63) is 46.9 Å². The number of hydrogen-bond donors (Lipinski definition) is 1. The third kappa shape index (κ3) is 3.47. The number of carbonyl (C=O) groups excluding carboxylic acids is 2. The first-order chi connectivity index (χ1) is 12.7. The van der Waals surface area contributed by atoms with Crippen LogP contribution in [-0.2, 0) is 14.3 Å². The van der Waals surface area contributed by atoms with Crippen LogP contribution < -0.4 is 0 Å². The second-order valence-corrected chi connectivity index (χ2v) is 6.56. The fourth-order valence-electron chi connectivity index (χ4n) is 2.41. The number of benzene rings is 1. The number of aliphatic hydroxyl groups is 1. The number of amides is 1. The van der Waals surface area contributed by atoms with E-state index in [1.807, 2.05) is 0 Å². The van der Waals surface area contributed by atoms with Gasteiger partial charge in [0, 0.05) is 6.08 Å². The maximum absolute atomic E-state index is 13.6. The fourth-order valence-corrected chi connectivity index (χ4v) is 3.31. The molecule has 1 N–H and O–H groups in total. The lowest BCUT2D eigenvalue weighted by Crippen LogP contribution is -2.56. The van der Waals surface area contributed by atoms with Gasteiger partial charge < -0.3 is 9.84 Å². The number of alkyl halides is 3. The van der Waals surface area contributed by atoms with E-state index in [9.17, 15) is 27.9 Å². The number of amidine groups is 1. The molecule has 2 heterocycles. The van der Waals surface area contributed by atoms with Gasteiger partial charge in [-0.2, -0.15) is 28.3 Å². The molecule has 27 heavy (non-hydrogen) atoms. The molecule has 2 aliphatic rings. The van der Waals surface area contributed by atoms with E-state index < -0.39 is 35.4 Å². The van der Waals surface area contributed by atoms with Crippen LogP contribution in [0.5, 0.6) is 0 Å². The molecule has 0 unspecified atom stereocenters. The summed E-state index contributed by atoms with van der Waals surface area (Å²) in [5.74, 6) is -1.78. The standard InChI is InChI=1S/C16H12F3N3O4S/c1-26-12(23)7-11-13(24)20-14(27-11)22-15(25,16(17,18)19)8-10(21-22)9-5-3-2-4-6-9/h2-7,25H,8H2,1H3/t15-/m0/s1. The summed E-state index contributed by atoms with van der Waals surface area (Å²) < 4.78 is 45.2. The van der Waals surface area contributed by atoms with Gasteiger partial charge in [-0.05, 0) is 17.3 Å². The first-order valence-corrected chi connectivity index (χ1v) is 8.30. The molecule has 1 aromatic rings. The highest BCUT2D eigenvalue weighted by Gasteiger charge is 2.63. The van der Waals surface area contributed by atoms with Gasteiger partial charge in [0.25, 0.3) is 11.6 Å². The molecule has 0 aromatic heterocycles. The molecule has 11 heteroatoms. The number of halogens is 3. The zero-order valence-electron chi connectivity index (χ0n) is 13.7. The van der Waals surface area contributed by atoms with Crippen molar-refractivity contribution in [1.29, 1.82) is 0 Å². The zero-order chi connectivity index (χ0) is 19.8.